The second-order valence-corrected chi connectivity index (χ2v) is 8.61. The minimum atomic E-state index is -4.82. The first-order chi connectivity index (χ1) is 6.43. The van der Waals surface area contributed by atoms with Crippen LogP contribution in [0.5, 0.6) is 0 Å². The lowest BCUT2D eigenvalue weighted by molar-refractivity contribution is 0.450. The Labute approximate surface area is 86.7 Å². The Hall–Kier alpha value is -0.230. The topological polar surface area (TPSA) is 143 Å². The Kier molecular flexibility index (Phi) is 2.89. The Bertz CT molecular complexity index is 505. The van der Waals surface area contributed by atoms with Crippen molar-refractivity contribution in [1.29, 1.82) is 0 Å². The predicted octanol–water partition coefficient (Wildman–Crippen LogP) is -2.07. The van der Waals surface area contributed by atoms with Crippen molar-refractivity contribution in [2.24, 2.45) is 0 Å². The van der Waals surface area contributed by atoms with Crippen LogP contribution in [0.3, 0.4) is 0 Å². The molecule has 1 rings (SSSR count). The van der Waals surface area contributed by atoms with Crippen LogP contribution in [0.2, 0.25) is 0 Å². The minimum absolute atomic E-state index is 1.00. The van der Waals surface area contributed by atoms with E-state index in [1.54, 1.807) is 0 Å². The number of rotatable bonds is 2. The molecule has 0 radical (unpaired) electrons. The van der Waals surface area contributed by atoms with E-state index in [1.165, 1.54) is 0 Å². The number of sulfone groups is 1. The van der Waals surface area contributed by atoms with Gasteiger partial charge in [-0.25, -0.2) is 8.42 Å². The molecule has 0 aromatic carbocycles. The molecule has 0 saturated carbocycles. The van der Waals surface area contributed by atoms with Crippen LogP contribution in [-0.2, 0) is 30.1 Å². The summed E-state index contributed by atoms with van der Waals surface area (Å²) in [6, 6.07) is 0. The number of hydrogen-bond acceptors (Lipinski definition) is 6. The van der Waals surface area contributed by atoms with E-state index in [9.17, 15) is 25.3 Å². The molecule has 0 spiro atoms. The first kappa shape index (κ1) is 12.8. The molecule has 0 aromatic heterocycles. The fourth-order valence-corrected chi connectivity index (χ4v) is 7.61. The molecule has 8 nitrogen and oxygen atoms in total. The van der Waals surface area contributed by atoms with E-state index in [4.69, 9.17) is 9.11 Å². The highest BCUT2D eigenvalue weighted by molar-refractivity contribution is 7.97. The van der Waals surface area contributed by atoms with Gasteiger partial charge in [-0.2, -0.15) is 16.8 Å². The molecule has 0 aromatic rings. The summed E-state index contributed by atoms with van der Waals surface area (Å²) in [6.07, 6.45) is 0. The lowest BCUT2D eigenvalue weighted by atomic mass is 10.4. The zero-order chi connectivity index (χ0) is 12.1. The molecule has 1 saturated heterocycles. The molecule has 0 bridgehead atoms. The molecular weight excluding hydrogens is 272 g/mol. The fourth-order valence-electron chi connectivity index (χ4n) is 1.34. The second kappa shape index (κ2) is 3.38. The average Bonchev–Trinajstić information content (AvgIpc) is 2.23. The van der Waals surface area contributed by atoms with Gasteiger partial charge in [0.1, 0.15) is 10.5 Å². The molecule has 11 heteroatoms. The second-order valence-electron chi connectivity index (χ2n) is 3.18. The van der Waals surface area contributed by atoms with E-state index < -0.39 is 52.1 Å². The van der Waals surface area contributed by atoms with Gasteiger partial charge in [0, 0.05) is 0 Å². The Morgan fingerprint density at radius 1 is 0.867 bits per heavy atom. The van der Waals surface area contributed by atoms with Crippen LogP contribution in [0.4, 0.5) is 0 Å². The molecule has 1 aliphatic heterocycles. The molecule has 0 amide bonds. The van der Waals surface area contributed by atoms with Crippen molar-refractivity contribution in [3.05, 3.63) is 0 Å². The molecule has 15 heavy (non-hydrogen) atoms. The van der Waals surface area contributed by atoms with E-state index in [2.05, 4.69) is 0 Å². The van der Waals surface area contributed by atoms with E-state index in [-0.39, 0.29) is 0 Å². The highest BCUT2D eigenvalue weighted by atomic mass is 32.2. The van der Waals surface area contributed by atoms with Gasteiger partial charge < -0.3 is 0 Å². The van der Waals surface area contributed by atoms with Gasteiger partial charge in [-0.3, -0.25) is 9.11 Å². The van der Waals surface area contributed by atoms with Crippen molar-refractivity contribution < 1.29 is 34.4 Å². The quantitative estimate of drug-likeness (QED) is 0.549. The third kappa shape index (κ3) is 2.87. The van der Waals surface area contributed by atoms with Crippen molar-refractivity contribution in [3.8, 4) is 0 Å². The lowest BCUT2D eigenvalue weighted by Gasteiger charge is -2.11. The molecule has 1 aliphatic rings. The van der Waals surface area contributed by atoms with Gasteiger partial charge in [0.05, 0.1) is 11.5 Å². The summed E-state index contributed by atoms with van der Waals surface area (Å²) < 4.78 is 82.0. The Balaban J connectivity index is 3.29. The first-order valence-electron chi connectivity index (χ1n) is 3.56. The van der Waals surface area contributed by atoms with Gasteiger partial charge in [-0.15, -0.1) is 0 Å². The fraction of sp³-hybridized carbons (Fsp3) is 1.00. The highest BCUT2D eigenvalue weighted by Gasteiger charge is 2.50. The number of hydrogen-bond donors (Lipinski definition) is 2. The summed E-state index contributed by atoms with van der Waals surface area (Å²) >= 11 is 0. The van der Waals surface area contributed by atoms with Crippen molar-refractivity contribution in [2.75, 3.05) is 11.5 Å². The third-order valence-electron chi connectivity index (χ3n) is 2.02. The smallest absolute Gasteiger partial charge is 0.270 e. The Morgan fingerprint density at radius 3 is 1.33 bits per heavy atom. The van der Waals surface area contributed by atoms with Crippen molar-refractivity contribution in [2.45, 2.75) is 10.5 Å². The first-order valence-corrected chi connectivity index (χ1v) is 8.39. The van der Waals surface area contributed by atoms with E-state index in [0.717, 1.165) is 0 Å². The summed E-state index contributed by atoms with van der Waals surface area (Å²) in [5.74, 6) is -2.01. The maximum absolute atomic E-state index is 11.0. The highest BCUT2D eigenvalue weighted by Crippen LogP contribution is 2.24. The largest absolute Gasteiger partial charge is 0.285 e. The van der Waals surface area contributed by atoms with Crippen LogP contribution in [0.25, 0.3) is 0 Å². The summed E-state index contributed by atoms with van der Waals surface area (Å²) in [4.78, 5) is 0. The van der Waals surface area contributed by atoms with E-state index in [0.29, 0.717) is 0 Å². The molecule has 0 aliphatic carbocycles. The van der Waals surface area contributed by atoms with Gasteiger partial charge in [0.2, 0.25) is 0 Å². The van der Waals surface area contributed by atoms with Gasteiger partial charge in [-0.05, 0) is 0 Å². The predicted molar refractivity (Wildman–Crippen MR) is 49.3 cm³/mol. The van der Waals surface area contributed by atoms with Crippen LogP contribution in [0.1, 0.15) is 0 Å². The maximum atomic E-state index is 11.0. The molecule has 1 fully saturated rings. The molecular formula is C4H8O8S3. The third-order valence-corrected chi connectivity index (χ3v) is 6.87. The molecule has 1 heterocycles. The van der Waals surface area contributed by atoms with Gasteiger partial charge in [-0.1, -0.05) is 0 Å². The van der Waals surface area contributed by atoms with Crippen LogP contribution in [0, 0.1) is 0 Å². The lowest BCUT2D eigenvalue weighted by Crippen LogP contribution is -2.38. The van der Waals surface area contributed by atoms with Crippen molar-refractivity contribution in [1.82, 2.24) is 0 Å². The molecule has 90 valence electrons. The maximum Gasteiger partial charge on any atom is 0.270 e. The summed E-state index contributed by atoms with van der Waals surface area (Å²) in [6.45, 7) is 0. The molecule has 0 unspecified atom stereocenters. The average molecular weight is 280 g/mol. The Morgan fingerprint density at radius 2 is 1.13 bits per heavy atom. The zero-order valence-corrected chi connectivity index (χ0v) is 9.59. The van der Waals surface area contributed by atoms with Crippen LogP contribution >= 0.6 is 0 Å². The summed E-state index contributed by atoms with van der Waals surface area (Å²) in [5.41, 5.74) is 0. The van der Waals surface area contributed by atoms with Crippen LogP contribution < -0.4 is 0 Å². The monoisotopic (exact) mass is 280 g/mol. The standard InChI is InChI=1S/C4H8O8S3/c5-13(6)1-3(14(7,8)9)4(2-13)15(10,11)12/h3-4H,1-2H2,(H,7,8,9)(H,10,11,12)/t3-,4+. The minimum Gasteiger partial charge on any atom is -0.285 e. The van der Waals surface area contributed by atoms with Crippen molar-refractivity contribution >= 4 is 30.1 Å². The zero-order valence-electron chi connectivity index (χ0n) is 7.14. The molecule has 2 atom stereocenters. The normalized spacial score (nSPS) is 31.6. The van der Waals surface area contributed by atoms with Crippen molar-refractivity contribution in [3.63, 3.8) is 0 Å². The van der Waals surface area contributed by atoms with Gasteiger partial charge in [0.25, 0.3) is 20.2 Å². The van der Waals surface area contributed by atoms with Gasteiger partial charge >= 0.3 is 0 Å². The molecule has 2 N–H and O–H groups in total. The van der Waals surface area contributed by atoms with Crippen LogP contribution in [-0.4, -0.2) is 56.4 Å². The summed E-state index contributed by atoms with van der Waals surface area (Å²) in [5, 5.41) is -4.03. The van der Waals surface area contributed by atoms with E-state index in [1.807, 2.05) is 0 Å². The van der Waals surface area contributed by atoms with Crippen LogP contribution in [0.15, 0.2) is 0 Å². The van der Waals surface area contributed by atoms with Gasteiger partial charge in [0.15, 0.2) is 9.84 Å². The SMILES string of the molecule is O=S1(=O)C[C@@H](S(=O)(=O)O)[C@@H](S(=O)(=O)O)C1. The summed E-state index contributed by atoms with van der Waals surface area (Å²) in [7, 11) is -13.5. The van der Waals surface area contributed by atoms with E-state index >= 15 is 0 Å².